The number of benzene rings is 2. The fourth-order valence-electron chi connectivity index (χ4n) is 5.58. The van der Waals surface area contributed by atoms with Gasteiger partial charge in [0.25, 0.3) is 5.56 Å². The van der Waals surface area contributed by atoms with Crippen LogP contribution in [-0.2, 0) is 22.7 Å². The summed E-state index contributed by atoms with van der Waals surface area (Å²) in [6.45, 7) is 3.64. The van der Waals surface area contributed by atoms with Crippen molar-refractivity contribution in [3.05, 3.63) is 115 Å². The molecular formula is C33H30N4O6S. The Morgan fingerprint density at radius 2 is 1.93 bits per heavy atom. The highest BCUT2D eigenvalue weighted by Gasteiger charge is 2.32. The second-order valence-electron chi connectivity index (χ2n) is 10.3. The highest BCUT2D eigenvalue weighted by atomic mass is 32.1. The lowest BCUT2D eigenvalue weighted by Gasteiger charge is -2.26. The van der Waals surface area contributed by atoms with Crippen molar-refractivity contribution >= 4 is 40.0 Å². The number of ketones is 1. The van der Waals surface area contributed by atoms with Crippen LogP contribution in [-0.4, -0.2) is 35.0 Å². The summed E-state index contributed by atoms with van der Waals surface area (Å²) in [5.41, 5.74) is 2.98. The van der Waals surface area contributed by atoms with Gasteiger partial charge in [-0.2, -0.15) is 0 Å². The Labute approximate surface area is 256 Å². The zero-order chi connectivity index (χ0) is 31.0. The van der Waals surface area contributed by atoms with Gasteiger partial charge in [0, 0.05) is 45.6 Å². The van der Waals surface area contributed by atoms with Gasteiger partial charge < -0.3 is 23.8 Å². The molecule has 1 aliphatic heterocycles. The van der Waals surface area contributed by atoms with Crippen molar-refractivity contribution in [2.24, 2.45) is 4.99 Å². The highest BCUT2D eigenvalue weighted by Crippen LogP contribution is 2.37. The third-order valence-corrected chi connectivity index (χ3v) is 8.58. The molecule has 2 aromatic carbocycles. The van der Waals surface area contributed by atoms with Gasteiger partial charge in [-0.15, -0.1) is 0 Å². The quantitative estimate of drug-likeness (QED) is 0.272. The lowest BCUT2D eigenvalue weighted by Crippen LogP contribution is -2.39. The minimum Gasteiger partial charge on any atom is -0.497 e. The first-order chi connectivity index (χ1) is 21.3. The first kappa shape index (κ1) is 28.9. The number of hydrogen-bond donors (Lipinski definition) is 1. The molecule has 1 atom stereocenters. The predicted molar refractivity (Wildman–Crippen MR) is 166 cm³/mol. The van der Waals surface area contributed by atoms with E-state index in [9.17, 15) is 14.4 Å². The minimum absolute atomic E-state index is 0.0920. The van der Waals surface area contributed by atoms with E-state index in [0.717, 1.165) is 16.5 Å². The molecule has 5 aromatic rings. The average Bonchev–Trinajstić information content (AvgIpc) is 3.74. The maximum absolute atomic E-state index is 14.1. The molecule has 0 spiro atoms. The molecule has 4 heterocycles. The van der Waals surface area contributed by atoms with E-state index < -0.39 is 6.04 Å². The van der Waals surface area contributed by atoms with Crippen LogP contribution in [0.3, 0.4) is 0 Å². The standard InChI is InChI=1S/C33H30N4O6S/c1-19-30(20(2)38)31(25-12-11-22(41-3)15-27(25)42-4)37-32(40)28(44-33(37)35-19)14-21-17-36(26-10-6-5-9-24(21)26)18-29(39)34-16-23-8-7-13-43-23/h5-15,17,31H,16,18H2,1-4H3,(H,34,39). The average molecular weight is 611 g/mol. The van der Waals surface area contributed by atoms with Crippen molar-refractivity contribution in [3.8, 4) is 11.5 Å². The first-order valence-electron chi connectivity index (χ1n) is 13.9. The Balaban J connectivity index is 1.44. The SMILES string of the molecule is COc1ccc(C2C(C(C)=O)=C(C)N=c3sc(=Cc4cn(CC(=O)NCc5ccco5)c5ccccc45)c(=O)n32)c(OC)c1. The third kappa shape index (κ3) is 5.26. The van der Waals surface area contributed by atoms with Gasteiger partial charge in [-0.05, 0) is 50.3 Å². The van der Waals surface area contributed by atoms with Gasteiger partial charge in [0.15, 0.2) is 10.6 Å². The monoisotopic (exact) mass is 610 g/mol. The van der Waals surface area contributed by atoms with Gasteiger partial charge in [0.05, 0.1) is 37.6 Å². The summed E-state index contributed by atoms with van der Waals surface area (Å²) in [5, 5.41) is 3.77. The molecule has 1 amide bonds. The Morgan fingerprint density at radius 3 is 2.66 bits per heavy atom. The van der Waals surface area contributed by atoms with Crippen molar-refractivity contribution in [2.75, 3.05) is 14.2 Å². The number of hydrogen-bond acceptors (Lipinski definition) is 8. The van der Waals surface area contributed by atoms with E-state index in [1.165, 1.54) is 18.3 Å². The Bertz CT molecular complexity index is 2120. The molecule has 0 saturated carbocycles. The fourth-order valence-corrected chi connectivity index (χ4v) is 6.62. The summed E-state index contributed by atoms with van der Waals surface area (Å²) in [7, 11) is 3.10. The van der Waals surface area contributed by atoms with Crippen LogP contribution < -0.4 is 29.7 Å². The van der Waals surface area contributed by atoms with Gasteiger partial charge >= 0.3 is 0 Å². The second-order valence-corrected chi connectivity index (χ2v) is 11.3. The molecular weight excluding hydrogens is 580 g/mol. The molecule has 6 rings (SSSR count). The third-order valence-electron chi connectivity index (χ3n) is 7.60. The van der Waals surface area contributed by atoms with E-state index in [1.807, 2.05) is 47.2 Å². The lowest BCUT2D eigenvalue weighted by atomic mass is 9.92. The number of aromatic nitrogens is 2. The number of thiazole rings is 1. The summed E-state index contributed by atoms with van der Waals surface area (Å²) < 4.78 is 20.2. The van der Waals surface area contributed by atoms with Crippen molar-refractivity contribution in [1.29, 1.82) is 0 Å². The lowest BCUT2D eigenvalue weighted by molar-refractivity contribution is -0.121. The molecule has 1 unspecified atom stereocenters. The fraction of sp³-hybridized carbons (Fsp3) is 0.212. The van der Waals surface area contributed by atoms with Gasteiger partial charge in [-0.25, -0.2) is 4.99 Å². The Kier molecular flexibility index (Phi) is 7.79. The Hall–Kier alpha value is -5.16. The summed E-state index contributed by atoms with van der Waals surface area (Å²) >= 11 is 1.25. The molecule has 3 aromatic heterocycles. The number of ether oxygens (including phenoxy) is 2. The van der Waals surface area contributed by atoms with Crippen LogP contribution in [0.4, 0.5) is 0 Å². The molecule has 10 nitrogen and oxygen atoms in total. The summed E-state index contributed by atoms with van der Waals surface area (Å²) in [6.07, 6.45) is 5.25. The van der Waals surface area contributed by atoms with Crippen LogP contribution in [0, 0.1) is 0 Å². The van der Waals surface area contributed by atoms with Gasteiger partial charge in [0.2, 0.25) is 5.91 Å². The molecule has 1 aliphatic rings. The minimum atomic E-state index is -0.731. The summed E-state index contributed by atoms with van der Waals surface area (Å²) in [5.74, 6) is 1.39. The maximum Gasteiger partial charge on any atom is 0.271 e. The van der Waals surface area contributed by atoms with Crippen LogP contribution in [0.25, 0.3) is 17.0 Å². The zero-order valence-electron chi connectivity index (χ0n) is 24.6. The smallest absolute Gasteiger partial charge is 0.271 e. The number of Topliss-reactive ketones (excluding diaryl/α,β-unsaturated/α-hetero) is 1. The number of carbonyl (C=O) groups excluding carboxylic acids is 2. The number of nitrogens with zero attached hydrogens (tertiary/aromatic N) is 3. The molecule has 44 heavy (non-hydrogen) atoms. The van der Waals surface area contributed by atoms with E-state index >= 15 is 0 Å². The van der Waals surface area contributed by atoms with Crippen molar-refractivity contribution in [2.45, 2.75) is 33.0 Å². The number of allylic oxidation sites excluding steroid dienone is 2. The normalized spacial score (nSPS) is 14.8. The van der Waals surface area contributed by atoms with E-state index in [0.29, 0.717) is 50.0 Å². The number of methoxy groups -OCH3 is 2. The van der Waals surface area contributed by atoms with Crippen LogP contribution in [0.2, 0.25) is 0 Å². The molecule has 1 N–H and O–H groups in total. The molecule has 0 radical (unpaired) electrons. The zero-order valence-corrected chi connectivity index (χ0v) is 25.4. The Morgan fingerprint density at radius 1 is 1.11 bits per heavy atom. The van der Waals surface area contributed by atoms with E-state index in [1.54, 1.807) is 56.2 Å². The summed E-state index contributed by atoms with van der Waals surface area (Å²) in [6, 6.07) is 15.9. The highest BCUT2D eigenvalue weighted by molar-refractivity contribution is 7.07. The molecule has 0 aliphatic carbocycles. The van der Waals surface area contributed by atoms with E-state index in [4.69, 9.17) is 13.9 Å². The van der Waals surface area contributed by atoms with Crippen molar-refractivity contribution in [1.82, 2.24) is 14.5 Å². The summed E-state index contributed by atoms with van der Waals surface area (Å²) in [4.78, 5) is 45.0. The predicted octanol–water partition coefficient (Wildman–Crippen LogP) is 3.71. The van der Waals surface area contributed by atoms with E-state index in [2.05, 4.69) is 10.3 Å². The first-order valence-corrected chi connectivity index (χ1v) is 14.7. The van der Waals surface area contributed by atoms with Gasteiger partial charge in [-0.3, -0.25) is 19.0 Å². The molecule has 224 valence electrons. The maximum atomic E-state index is 14.1. The molecule has 0 bridgehead atoms. The number of carbonyl (C=O) groups is 2. The number of nitrogens with one attached hydrogen (secondary N) is 1. The van der Waals surface area contributed by atoms with E-state index in [-0.39, 0.29) is 23.8 Å². The molecule has 0 saturated heterocycles. The number of furan rings is 1. The number of rotatable bonds is 9. The van der Waals surface area contributed by atoms with Gasteiger partial charge in [-0.1, -0.05) is 29.5 Å². The number of para-hydroxylation sites is 1. The van der Waals surface area contributed by atoms with Crippen molar-refractivity contribution in [3.63, 3.8) is 0 Å². The van der Waals surface area contributed by atoms with Gasteiger partial charge in [0.1, 0.15) is 23.8 Å². The topological polar surface area (TPSA) is 117 Å². The number of amides is 1. The molecule has 0 fully saturated rings. The van der Waals surface area contributed by atoms with Crippen LogP contribution in [0.1, 0.15) is 36.8 Å². The van der Waals surface area contributed by atoms with Crippen LogP contribution >= 0.6 is 11.3 Å². The number of fused-ring (bicyclic) bond motifs is 2. The second kappa shape index (κ2) is 11.8. The van der Waals surface area contributed by atoms with Crippen LogP contribution in [0.5, 0.6) is 11.5 Å². The van der Waals surface area contributed by atoms with Crippen LogP contribution in [0.15, 0.2) is 92.5 Å². The van der Waals surface area contributed by atoms with Crippen molar-refractivity contribution < 1.29 is 23.5 Å². The molecule has 11 heteroatoms. The largest absolute Gasteiger partial charge is 0.497 e.